The van der Waals surface area contributed by atoms with Crippen LogP contribution in [0.4, 0.5) is 10.5 Å². The number of hydrogen-bond donors (Lipinski definition) is 1. The first-order chi connectivity index (χ1) is 17.5. The average molecular weight is 501 g/mol. The Labute approximate surface area is 215 Å². The van der Waals surface area contributed by atoms with Crippen LogP contribution in [0.2, 0.25) is 5.02 Å². The van der Waals surface area contributed by atoms with Crippen LogP contribution in [0.15, 0.2) is 77.6 Å². The lowest BCUT2D eigenvalue weighted by Gasteiger charge is -2.34. The number of benzene rings is 3. The normalized spacial score (nSPS) is 15.5. The number of amides is 2. The summed E-state index contributed by atoms with van der Waals surface area (Å²) in [4.78, 5) is 33.9. The van der Waals surface area contributed by atoms with Gasteiger partial charge in [-0.05, 0) is 55.2 Å². The zero-order valence-corrected chi connectivity index (χ0v) is 21.2. The van der Waals surface area contributed by atoms with Crippen LogP contribution < -0.4 is 10.9 Å². The van der Waals surface area contributed by atoms with Crippen LogP contribution in [-0.2, 0) is 13.0 Å². The monoisotopic (exact) mass is 500 g/mol. The molecular weight excluding hydrogens is 472 g/mol. The lowest BCUT2D eigenvalue weighted by atomic mass is 10.0. The Bertz CT molecular complexity index is 1470. The summed E-state index contributed by atoms with van der Waals surface area (Å²) in [6, 6.07) is 22.2. The molecule has 0 aliphatic carbocycles. The van der Waals surface area contributed by atoms with Crippen molar-refractivity contribution in [3.63, 3.8) is 0 Å². The fraction of sp³-hybridized carbons (Fsp3) is 0.276. The summed E-state index contributed by atoms with van der Waals surface area (Å²) < 4.78 is 1.70. The van der Waals surface area contributed by atoms with Crippen molar-refractivity contribution in [3.05, 3.63) is 105 Å². The number of hydrogen-bond acceptors (Lipinski definition) is 3. The molecule has 2 heterocycles. The van der Waals surface area contributed by atoms with Crippen LogP contribution >= 0.6 is 11.6 Å². The van der Waals surface area contributed by atoms with Crippen LogP contribution in [0.1, 0.15) is 55.7 Å². The number of carbonyl (C=O) groups is 1. The van der Waals surface area contributed by atoms with Gasteiger partial charge in [-0.1, -0.05) is 73.5 Å². The van der Waals surface area contributed by atoms with Crippen LogP contribution in [0.5, 0.6) is 0 Å². The van der Waals surface area contributed by atoms with Gasteiger partial charge in [-0.3, -0.25) is 9.36 Å². The van der Waals surface area contributed by atoms with Crippen molar-refractivity contribution in [1.29, 1.82) is 0 Å². The summed E-state index contributed by atoms with van der Waals surface area (Å²) in [7, 11) is 0. The van der Waals surface area contributed by atoms with Crippen molar-refractivity contribution in [3.8, 4) is 0 Å². The molecule has 4 aromatic rings. The van der Waals surface area contributed by atoms with Gasteiger partial charge in [0.1, 0.15) is 5.82 Å². The molecule has 1 aliphatic rings. The van der Waals surface area contributed by atoms with Gasteiger partial charge in [0.05, 0.1) is 23.0 Å². The van der Waals surface area contributed by atoms with E-state index in [0.29, 0.717) is 34.7 Å². The van der Waals surface area contributed by atoms with Gasteiger partial charge in [0.25, 0.3) is 5.56 Å². The van der Waals surface area contributed by atoms with Crippen molar-refractivity contribution in [2.24, 2.45) is 0 Å². The Morgan fingerprint density at radius 3 is 2.67 bits per heavy atom. The van der Waals surface area contributed by atoms with E-state index in [1.54, 1.807) is 22.8 Å². The number of anilines is 1. The summed E-state index contributed by atoms with van der Waals surface area (Å²) in [6.45, 7) is 4.64. The Hall–Kier alpha value is -3.64. The smallest absolute Gasteiger partial charge is 0.308 e. The fourth-order valence-electron chi connectivity index (χ4n) is 5.11. The maximum atomic E-state index is 14.0. The highest BCUT2D eigenvalue weighted by Crippen LogP contribution is 2.37. The largest absolute Gasteiger partial charge is 0.322 e. The molecule has 1 aromatic heterocycles. The van der Waals surface area contributed by atoms with Gasteiger partial charge in [-0.25, -0.2) is 9.78 Å². The maximum absolute atomic E-state index is 14.0. The lowest BCUT2D eigenvalue weighted by Crippen LogP contribution is -2.40. The van der Waals surface area contributed by atoms with Gasteiger partial charge in [0.2, 0.25) is 0 Å². The second-order valence-electron chi connectivity index (χ2n) is 9.22. The first-order valence-corrected chi connectivity index (χ1v) is 12.8. The first-order valence-electron chi connectivity index (χ1n) is 12.4. The predicted octanol–water partition coefficient (Wildman–Crippen LogP) is 6.74. The molecule has 0 saturated carbocycles. The Kier molecular flexibility index (Phi) is 6.79. The third-order valence-corrected chi connectivity index (χ3v) is 7.15. The molecule has 2 atom stereocenters. The number of carbonyl (C=O) groups excluding carboxylic acids is 1. The van der Waals surface area contributed by atoms with E-state index in [2.05, 4.69) is 12.2 Å². The molecule has 5 rings (SSSR count). The number of rotatable bonds is 6. The second kappa shape index (κ2) is 10.2. The van der Waals surface area contributed by atoms with E-state index in [9.17, 15) is 9.59 Å². The number of nitrogens with one attached hydrogen (secondary N) is 1. The summed E-state index contributed by atoms with van der Waals surface area (Å²) in [5.74, 6) is 0.592. The van der Waals surface area contributed by atoms with Gasteiger partial charge in [-0.2, -0.15) is 0 Å². The van der Waals surface area contributed by atoms with E-state index in [1.807, 2.05) is 66.4 Å². The van der Waals surface area contributed by atoms with E-state index in [-0.39, 0.29) is 23.7 Å². The molecule has 6 nitrogen and oxygen atoms in total. The molecule has 0 fully saturated rings. The minimum absolute atomic E-state index is 0.102. The van der Waals surface area contributed by atoms with Gasteiger partial charge in [-0.15, -0.1) is 0 Å². The van der Waals surface area contributed by atoms with Gasteiger partial charge in [0.15, 0.2) is 0 Å². The Balaban J connectivity index is 1.58. The standard InChI is InChI=1S/C29H29ClN4O2/c1-3-9-21-12-7-8-13-24(21)32-29(36)34(19(2)20-10-5-4-6-11-20)26-16-17-33-27(26)31-25-18-22(30)14-15-23(25)28(33)35/h4-8,10-15,18-19,26H,3,9,16-17H2,1-2H3,(H,32,36). The third kappa shape index (κ3) is 4.49. The molecule has 2 amide bonds. The molecule has 0 saturated heterocycles. The topological polar surface area (TPSA) is 67.2 Å². The minimum Gasteiger partial charge on any atom is -0.308 e. The molecule has 0 bridgehead atoms. The highest BCUT2D eigenvalue weighted by Gasteiger charge is 2.37. The Morgan fingerprint density at radius 2 is 1.89 bits per heavy atom. The van der Waals surface area contributed by atoms with Crippen molar-refractivity contribution >= 4 is 34.2 Å². The highest BCUT2D eigenvalue weighted by atomic mass is 35.5. The van der Waals surface area contributed by atoms with Crippen molar-refractivity contribution in [1.82, 2.24) is 14.5 Å². The molecule has 1 aliphatic heterocycles. The number of aromatic nitrogens is 2. The number of halogens is 1. The van der Waals surface area contributed by atoms with Gasteiger partial charge < -0.3 is 10.2 Å². The molecule has 36 heavy (non-hydrogen) atoms. The molecule has 0 spiro atoms. The number of nitrogens with zero attached hydrogens (tertiary/aromatic N) is 3. The fourth-order valence-corrected chi connectivity index (χ4v) is 5.28. The molecule has 7 heteroatoms. The van der Waals surface area contributed by atoms with E-state index < -0.39 is 0 Å². The van der Waals surface area contributed by atoms with Crippen molar-refractivity contribution < 1.29 is 4.79 Å². The van der Waals surface area contributed by atoms with E-state index in [4.69, 9.17) is 16.6 Å². The van der Waals surface area contributed by atoms with Crippen molar-refractivity contribution in [2.45, 2.75) is 51.7 Å². The quantitative estimate of drug-likeness (QED) is 0.318. The van der Waals surface area contributed by atoms with Crippen LogP contribution in [0.25, 0.3) is 10.9 Å². The third-order valence-electron chi connectivity index (χ3n) is 6.92. The zero-order chi connectivity index (χ0) is 25.2. The average Bonchev–Trinajstić information content (AvgIpc) is 3.29. The molecule has 3 aromatic carbocycles. The van der Waals surface area contributed by atoms with Crippen molar-refractivity contribution in [2.75, 3.05) is 5.32 Å². The minimum atomic E-state index is -0.366. The maximum Gasteiger partial charge on any atom is 0.322 e. The summed E-state index contributed by atoms with van der Waals surface area (Å²) >= 11 is 6.21. The SMILES string of the molecule is CCCc1ccccc1NC(=O)N(C(C)c1ccccc1)C1CCn2c1nc1cc(Cl)ccc1c2=O. The number of fused-ring (bicyclic) bond motifs is 2. The number of para-hydroxylation sites is 1. The lowest BCUT2D eigenvalue weighted by molar-refractivity contribution is 0.159. The molecule has 184 valence electrons. The first kappa shape index (κ1) is 24.1. The molecule has 0 radical (unpaired) electrons. The van der Waals surface area contributed by atoms with Gasteiger partial charge in [0, 0.05) is 17.3 Å². The van der Waals surface area contributed by atoms with Crippen LogP contribution in [-0.4, -0.2) is 20.5 Å². The van der Waals surface area contributed by atoms with Crippen LogP contribution in [0, 0.1) is 0 Å². The van der Waals surface area contributed by atoms with E-state index >= 15 is 0 Å². The number of aryl methyl sites for hydroxylation is 1. The molecule has 2 unspecified atom stereocenters. The van der Waals surface area contributed by atoms with Gasteiger partial charge >= 0.3 is 6.03 Å². The zero-order valence-electron chi connectivity index (χ0n) is 20.4. The predicted molar refractivity (Wildman–Crippen MR) is 145 cm³/mol. The highest BCUT2D eigenvalue weighted by molar-refractivity contribution is 6.31. The molecule has 1 N–H and O–H groups in total. The summed E-state index contributed by atoms with van der Waals surface area (Å²) in [5, 5.41) is 4.22. The summed E-state index contributed by atoms with van der Waals surface area (Å²) in [5.41, 5.74) is 3.37. The summed E-state index contributed by atoms with van der Waals surface area (Å²) in [6.07, 6.45) is 2.46. The van der Waals surface area contributed by atoms with E-state index in [1.165, 1.54) is 0 Å². The second-order valence-corrected chi connectivity index (χ2v) is 9.66. The number of urea groups is 1. The van der Waals surface area contributed by atoms with E-state index in [0.717, 1.165) is 29.7 Å². The Morgan fingerprint density at radius 1 is 1.14 bits per heavy atom. The molecular formula is C29H29ClN4O2. The van der Waals surface area contributed by atoms with Crippen LogP contribution in [0.3, 0.4) is 0 Å².